The van der Waals surface area contributed by atoms with Gasteiger partial charge in [-0.2, -0.15) is 0 Å². The number of carbonyl (C=O) groups is 2. The molecule has 1 heterocycles. The van der Waals surface area contributed by atoms with Crippen LogP contribution in [0, 0.1) is 0 Å². The topological polar surface area (TPSA) is 96.0 Å². The average Bonchev–Trinajstić information content (AvgIpc) is 3.15. The lowest BCUT2D eigenvalue weighted by Gasteiger charge is -2.22. The number of anilines is 1. The first-order valence-corrected chi connectivity index (χ1v) is 12.3. The van der Waals surface area contributed by atoms with Gasteiger partial charge in [-0.3, -0.25) is 13.9 Å². The number of nitrogens with one attached hydrogen (secondary N) is 1. The number of sulfonamides is 1. The van der Waals surface area contributed by atoms with Crippen LogP contribution in [-0.4, -0.2) is 51.6 Å². The molecule has 3 rings (SSSR count). The Balaban J connectivity index is 1.59. The molecule has 172 valence electrons. The molecule has 2 aromatic carbocycles. The molecule has 1 fully saturated rings. The largest absolute Gasteiger partial charge is 0.495 e. The number of rotatable bonds is 9. The number of nitrogens with zero attached hydrogens (tertiary/aromatic N) is 2. The number of ether oxygens (including phenoxy) is 1. The summed E-state index contributed by atoms with van der Waals surface area (Å²) >= 11 is 6.11. The van der Waals surface area contributed by atoms with Crippen molar-refractivity contribution >= 4 is 39.1 Å². The number of halogens is 1. The van der Waals surface area contributed by atoms with E-state index in [4.69, 9.17) is 16.3 Å². The zero-order valence-corrected chi connectivity index (χ0v) is 19.6. The normalized spacial score (nSPS) is 13.8. The smallest absolute Gasteiger partial charge is 0.241 e. The Hall–Kier alpha value is -2.78. The Bertz CT molecular complexity index is 1090. The molecule has 2 aromatic rings. The van der Waals surface area contributed by atoms with E-state index in [0.29, 0.717) is 18.7 Å². The van der Waals surface area contributed by atoms with Crippen molar-refractivity contribution in [3.8, 4) is 5.75 Å². The highest BCUT2D eigenvalue weighted by atomic mass is 35.5. The van der Waals surface area contributed by atoms with Gasteiger partial charge >= 0.3 is 0 Å². The highest BCUT2D eigenvalue weighted by Gasteiger charge is 2.22. The lowest BCUT2D eigenvalue weighted by atomic mass is 10.1. The number of hydrogen-bond donors (Lipinski definition) is 1. The summed E-state index contributed by atoms with van der Waals surface area (Å²) < 4.78 is 30.6. The molecule has 0 spiro atoms. The summed E-state index contributed by atoms with van der Waals surface area (Å²) in [6, 6.07) is 12.1. The van der Waals surface area contributed by atoms with E-state index >= 15 is 0 Å². The number of likely N-dealkylation sites (tertiary alicyclic amines) is 1. The number of benzene rings is 2. The fourth-order valence-corrected chi connectivity index (χ4v) is 4.55. The molecule has 0 saturated carbocycles. The first-order chi connectivity index (χ1) is 15.2. The third kappa shape index (κ3) is 6.14. The van der Waals surface area contributed by atoms with Gasteiger partial charge in [-0.05, 0) is 35.7 Å². The number of carbonyl (C=O) groups excluding carboxylic acids is 2. The van der Waals surface area contributed by atoms with E-state index in [9.17, 15) is 18.0 Å². The maximum absolute atomic E-state index is 12.5. The van der Waals surface area contributed by atoms with Crippen LogP contribution in [0.5, 0.6) is 5.75 Å². The molecule has 1 aliphatic rings. The van der Waals surface area contributed by atoms with E-state index in [2.05, 4.69) is 5.32 Å². The molecule has 8 nitrogen and oxygen atoms in total. The van der Waals surface area contributed by atoms with Crippen molar-refractivity contribution in [3.05, 3.63) is 58.6 Å². The molecule has 2 amide bonds. The molecule has 0 radical (unpaired) electrons. The Morgan fingerprint density at radius 1 is 1.19 bits per heavy atom. The van der Waals surface area contributed by atoms with E-state index in [-0.39, 0.29) is 29.7 Å². The molecule has 0 aliphatic carbocycles. The molecule has 0 unspecified atom stereocenters. The monoisotopic (exact) mass is 479 g/mol. The van der Waals surface area contributed by atoms with Crippen LogP contribution in [0.3, 0.4) is 0 Å². The average molecular weight is 480 g/mol. The van der Waals surface area contributed by atoms with Gasteiger partial charge in [0.05, 0.1) is 24.1 Å². The third-order valence-electron chi connectivity index (χ3n) is 5.17. The first-order valence-electron chi connectivity index (χ1n) is 10.1. The van der Waals surface area contributed by atoms with E-state index in [1.165, 1.54) is 19.2 Å². The second-order valence-corrected chi connectivity index (χ2v) is 9.91. The van der Waals surface area contributed by atoms with Crippen molar-refractivity contribution in [2.75, 3.05) is 30.8 Å². The van der Waals surface area contributed by atoms with Crippen molar-refractivity contribution in [1.82, 2.24) is 10.2 Å². The summed E-state index contributed by atoms with van der Waals surface area (Å²) in [5.41, 5.74) is 2.16. The Morgan fingerprint density at radius 2 is 1.88 bits per heavy atom. The molecule has 32 heavy (non-hydrogen) atoms. The fourth-order valence-electron chi connectivity index (χ4n) is 3.45. The molecule has 1 aliphatic heterocycles. The van der Waals surface area contributed by atoms with Crippen LogP contribution in [-0.2, 0) is 32.7 Å². The van der Waals surface area contributed by atoms with Gasteiger partial charge in [-0.25, -0.2) is 8.42 Å². The zero-order valence-electron chi connectivity index (χ0n) is 18.0. The summed E-state index contributed by atoms with van der Waals surface area (Å²) in [6.07, 6.45) is 2.54. The lowest BCUT2D eigenvalue weighted by Crippen LogP contribution is -2.40. The van der Waals surface area contributed by atoms with Crippen LogP contribution in [0.4, 0.5) is 5.69 Å². The van der Waals surface area contributed by atoms with E-state index in [0.717, 1.165) is 34.7 Å². The fraction of sp³-hybridized carbons (Fsp3) is 0.364. The van der Waals surface area contributed by atoms with E-state index in [1.807, 2.05) is 29.2 Å². The van der Waals surface area contributed by atoms with Gasteiger partial charge in [-0.1, -0.05) is 35.9 Å². The van der Waals surface area contributed by atoms with Gasteiger partial charge < -0.3 is 15.0 Å². The molecular weight excluding hydrogens is 454 g/mol. The summed E-state index contributed by atoms with van der Waals surface area (Å²) in [4.78, 5) is 26.1. The summed E-state index contributed by atoms with van der Waals surface area (Å²) in [5.74, 6) is 0.134. The summed E-state index contributed by atoms with van der Waals surface area (Å²) in [7, 11) is -2.25. The van der Waals surface area contributed by atoms with Crippen LogP contribution in [0.15, 0.2) is 42.5 Å². The minimum atomic E-state index is -3.71. The number of methoxy groups -OCH3 is 1. The van der Waals surface area contributed by atoms with Crippen molar-refractivity contribution in [2.24, 2.45) is 0 Å². The third-order valence-corrected chi connectivity index (χ3v) is 6.60. The van der Waals surface area contributed by atoms with Gasteiger partial charge in [0, 0.05) is 26.1 Å². The second kappa shape index (κ2) is 10.2. The SMILES string of the molecule is COc1ccc(N(CC(=O)NCc2ccc(CN3CCCC3=O)cc2)S(C)(=O)=O)cc1Cl. The Kier molecular flexibility index (Phi) is 7.63. The van der Waals surface area contributed by atoms with E-state index in [1.54, 1.807) is 6.07 Å². The maximum Gasteiger partial charge on any atom is 0.241 e. The maximum atomic E-state index is 12.5. The number of amides is 2. The van der Waals surface area contributed by atoms with Gasteiger partial charge in [0.1, 0.15) is 12.3 Å². The number of hydrogen-bond acceptors (Lipinski definition) is 5. The minimum Gasteiger partial charge on any atom is -0.495 e. The summed E-state index contributed by atoms with van der Waals surface area (Å²) in [6.45, 7) is 1.24. The van der Waals surface area contributed by atoms with Gasteiger partial charge in [0.25, 0.3) is 0 Å². The van der Waals surface area contributed by atoms with E-state index < -0.39 is 15.9 Å². The molecule has 1 N–H and O–H groups in total. The van der Waals surface area contributed by atoms with Gasteiger partial charge in [0.2, 0.25) is 21.8 Å². The quantitative estimate of drug-likeness (QED) is 0.596. The van der Waals surface area contributed by atoms with Crippen LogP contribution in [0.1, 0.15) is 24.0 Å². The zero-order chi connectivity index (χ0) is 23.3. The molecule has 0 aromatic heterocycles. The highest BCUT2D eigenvalue weighted by Crippen LogP contribution is 2.30. The minimum absolute atomic E-state index is 0.176. The highest BCUT2D eigenvalue weighted by molar-refractivity contribution is 7.92. The lowest BCUT2D eigenvalue weighted by molar-refractivity contribution is -0.128. The van der Waals surface area contributed by atoms with Crippen LogP contribution in [0.25, 0.3) is 0 Å². The van der Waals surface area contributed by atoms with Crippen LogP contribution >= 0.6 is 11.6 Å². The van der Waals surface area contributed by atoms with Crippen molar-refractivity contribution in [3.63, 3.8) is 0 Å². The Morgan fingerprint density at radius 3 is 2.44 bits per heavy atom. The molecule has 0 bridgehead atoms. The predicted molar refractivity (Wildman–Crippen MR) is 123 cm³/mol. The first kappa shape index (κ1) is 23.9. The van der Waals surface area contributed by atoms with Crippen LogP contribution in [0.2, 0.25) is 5.02 Å². The Labute approximate surface area is 193 Å². The standard InChI is InChI=1S/C22H26ClN3O5S/c1-31-20-10-9-18(12-19(20)23)26(32(2,29)30)15-21(27)24-13-16-5-7-17(8-6-16)14-25-11-3-4-22(25)28/h5-10,12H,3-4,11,13-15H2,1-2H3,(H,24,27). The van der Waals surface area contributed by atoms with Crippen LogP contribution < -0.4 is 14.4 Å². The van der Waals surface area contributed by atoms with Gasteiger partial charge in [0.15, 0.2) is 0 Å². The predicted octanol–water partition coefficient (Wildman–Crippen LogP) is 2.55. The summed E-state index contributed by atoms with van der Waals surface area (Å²) in [5, 5.41) is 2.99. The van der Waals surface area contributed by atoms with Crippen molar-refractivity contribution < 1.29 is 22.7 Å². The molecule has 10 heteroatoms. The van der Waals surface area contributed by atoms with Crippen molar-refractivity contribution in [2.45, 2.75) is 25.9 Å². The molecule has 0 atom stereocenters. The molecular formula is C22H26ClN3O5S. The second-order valence-electron chi connectivity index (χ2n) is 7.60. The molecule has 1 saturated heterocycles. The van der Waals surface area contributed by atoms with Gasteiger partial charge in [-0.15, -0.1) is 0 Å². The van der Waals surface area contributed by atoms with Crippen molar-refractivity contribution in [1.29, 1.82) is 0 Å².